The molecule has 3 rings (SSSR count). The van der Waals surface area contributed by atoms with Crippen LogP contribution < -0.4 is 5.56 Å². The van der Waals surface area contributed by atoms with E-state index in [4.69, 9.17) is 0 Å². The van der Waals surface area contributed by atoms with E-state index in [9.17, 15) is 9.18 Å². The number of nitrogens with zero attached hydrogens (tertiary/aromatic N) is 2. The van der Waals surface area contributed by atoms with Crippen molar-refractivity contribution in [3.63, 3.8) is 0 Å². The molecular weight excluding hydrogens is 279 g/mol. The largest absolute Gasteiger partial charge is 0.292 e. The Morgan fingerprint density at radius 3 is 2.55 bits per heavy atom. The number of hydrogen-bond donors (Lipinski definition) is 0. The van der Waals surface area contributed by atoms with E-state index < -0.39 is 0 Å². The monoisotopic (exact) mass is 296 g/mol. The second-order valence-electron chi connectivity index (χ2n) is 5.27. The molecule has 0 N–H and O–H groups in total. The van der Waals surface area contributed by atoms with Crippen molar-refractivity contribution in [1.82, 2.24) is 9.55 Å². The highest BCUT2D eigenvalue weighted by Crippen LogP contribution is 2.19. The Bertz CT molecular complexity index is 853. The number of halogens is 1. The molecule has 3 nitrogen and oxygen atoms in total. The third-order valence-corrected chi connectivity index (χ3v) is 3.70. The highest BCUT2D eigenvalue weighted by atomic mass is 19.1. The first kappa shape index (κ1) is 14.4. The second kappa shape index (κ2) is 6.10. The molecule has 0 aliphatic heterocycles. The van der Waals surface area contributed by atoms with Crippen LogP contribution in [0.25, 0.3) is 22.3 Å². The summed E-state index contributed by atoms with van der Waals surface area (Å²) in [7, 11) is 0. The lowest BCUT2D eigenvalue weighted by atomic mass is 10.1. The summed E-state index contributed by atoms with van der Waals surface area (Å²) in [6.07, 6.45) is 1.89. The summed E-state index contributed by atoms with van der Waals surface area (Å²) in [6, 6.07) is 13.4. The Morgan fingerprint density at radius 2 is 1.82 bits per heavy atom. The molecule has 0 atom stereocenters. The van der Waals surface area contributed by atoms with Gasteiger partial charge in [0.05, 0.1) is 10.9 Å². The standard InChI is InChI=1S/C18H17FN2O/c1-2-3-12-21-17(13-8-10-14(19)11-9-13)20-16-7-5-4-6-15(16)18(21)22/h4-11H,2-3,12H2,1H3. The van der Waals surface area contributed by atoms with Crippen LogP contribution in [0.2, 0.25) is 0 Å². The number of unbranched alkanes of at least 4 members (excludes halogenated alkanes) is 1. The van der Waals surface area contributed by atoms with Crippen molar-refractivity contribution in [2.24, 2.45) is 0 Å². The molecule has 0 saturated carbocycles. The summed E-state index contributed by atoms with van der Waals surface area (Å²) in [5.74, 6) is 0.296. The third-order valence-electron chi connectivity index (χ3n) is 3.70. The molecule has 0 spiro atoms. The Kier molecular flexibility index (Phi) is 4.00. The minimum Gasteiger partial charge on any atom is -0.292 e. The summed E-state index contributed by atoms with van der Waals surface area (Å²) in [5.41, 5.74) is 1.37. The third kappa shape index (κ3) is 2.64. The summed E-state index contributed by atoms with van der Waals surface area (Å²) in [6.45, 7) is 2.69. The summed E-state index contributed by atoms with van der Waals surface area (Å²) in [4.78, 5) is 17.4. The van der Waals surface area contributed by atoms with Gasteiger partial charge >= 0.3 is 0 Å². The number of benzene rings is 2. The number of hydrogen-bond acceptors (Lipinski definition) is 2. The number of para-hydroxylation sites is 1. The maximum Gasteiger partial charge on any atom is 0.261 e. The molecule has 0 saturated heterocycles. The molecule has 112 valence electrons. The van der Waals surface area contributed by atoms with E-state index in [0.29, 0.717) is 23.3 Å². The molecule has 0 bridgehead atoms. The average Bonchev–Trinajstić information content (AvgIpc) is 2.55. The van der Waals surface area contributed by atoms with Crippen molar-refractivity contribution in [3.8, 4) is 11.4 Å². The Hall–Kier alpha value is -2.49. The number of fused-ring (bicyclic) bond motifs is 1. The average molecular weight is 296 g/mol. The van der Waals surface area contributed by atoms with Gasteiger partial charge in [-0.1, -0.05) is 25.5 Å². The first-order chi connectivity index (χ1) is 10.7. The van der Waals surface area contributed by atoms with Gasteiger partial charge in [-0.3, -0.25) is 9.36 Å². The molecule has 0 aliphatic carbocycles. The van der Waals surface area contributed by atoms with Crippen LogP contribution in [0.4, 0.5) is 4.39 Å². The van der Waals surface area contributed by atoms with Gasteiger partial charge in [0.25, 0.3) is 5.56 Å². The van der Waals surface area contributed by atoms with Crippen LogP contribution in [0.5, 0.6) is 0 Å². The Labute approximate surface area is 128 Å². The molecule has 0 unspecified atom stereocenters. The van der Waals surface area contributed by atoms with E-state index in [1.807, 2.05) is 18.2 Å². The maximum absolute atomic E-state index is 13.1. The molecule has 2 aromatic carbocycles. The lowest BCUT2D eigenvalue weighted by Gasteiger charge is -2.13. The fraction of sp³-hybridized carbons (Fsp3) is 0.222. The fourth-order valence-corrected chi connectivity index (χ4v) is 2.51. The van der Waals surface area contributed by atoms with Crippen molar-refractivity contribution >= 4 is 10.9 Å². The summed E-state index contributed by atoms with van der Waals surface area (Å²) in [5, 5.41) is 0.615. The molecule has 0 amide bonds. The van der Waals surface area contributed by atoms with Crippen molar-refractivity contribution in [3.05, 3.63) is 64.7 Å². The Balaban J connectivity index is 2.26. The zero-order chi connectivity index (χ0) is 15.5. The van der Waals surface area contributed by atoms with E-state index in [0.717, 1.165) is 18.4 Å². The topological polar surface area (TPSA) is 34.9 Å². The molecule has 1 aromatic heterocycles. The van der Waals surface area contributed by atoms with E-state index in [1.165, 1.54) is 12.1 Å². The van der Waals surface area contributed by atoms with Crippen LogP contribution in [0, 0.1) is 5.82 Å². The Morgan fingerprint density at radius 1 is 1.09 bits per heavy atom. The van der Waals surface area contributed by atoms with E-state index in [2.05, 4.69) is 11.9 Å². The predicted octanol–water partition coefficient (Wildman–Crippen LogP) is 4.00. The van der Waals surface area contributed by atoms with E-state index in [-0.39, 0.29) is 11.4 Å². The van der Waals surface area contributed by atoms with E-state index in [1.54, 1.807) is 22.8 Å². The lowest BCUT2D eigenvalue weighted by Crippen LogP contribution is -2.23. The second-order valence-corrected chi connectivity index (χ2v) is 5.27. The van der Waals surface area contributed by atoms with Crippen LogP contribution in [0.15, 0.2) is 53.3 Å². The number of rotatable bonds is 4. The van der Waals surface area contributed by atoms with Crippen LogP contribution in [0.3, 0.4) is 0 Å². The van der Waals surface area contributed by atoms with Gasteiger partial charge < -0.3 is 0 Å². The van der Waals surface area contributed by atoms with Gasteiger partial charge in [0.15, 0.2) is 0 Å². The van der Waals surface area contributed by atoms with E-state index >= 15 is 0 Å². The minimum atomic E-state index is -0.299. The minimum absolute atomic E-state index is 0.0432. The van der Waals surface area contributed by atoms with Gasteiger partial charge in [-0.25, -0.2) is 9.37 Å². The van der Waals surface area contributed by atoms with Gasteiger partial charge in [0, 0.05) is 12.1 Å². The zero-order valence-electron chi connectivity index (χ0n) is 12.4. The molecule has 22 heavy (non-hydrogen) atoms. The van der Waals surface area contributed by atoms with Crippen molar-refractivity contribution in [1.29, 1.82) is 0 Å². The quantitative estimate of drug-likeness (QED) is 0.729. The van der Waals surface area contributed by atoms with Crippen LogP contribution in [-0.4, -0.2) is 9.55 Å². The molecule has 3 aromatic rings. The molecule has 0 radical (unpaired) electrons. The van der Waals surface area contributed by atoms with Crippen molar-refractivity contribution in [2.75, 3.05) is 0 Å². The van der Waals surface area contributed by atoms with Crippen molar-refractivity contribution in [2.45, 2.75) is 26.3 Å². The SMILES string of the molecule is CCCCn1c(-c2ccc(F)cc2)nc2ccccc2c1=O. The molecule has 0 aliphatic rings. The number of aromatic nitrogens is 2. The van der Waals surface area contributed by atoms with Crippen LogP contribution in [-0.2, 0) is 6.54 Å². The van der Waals surface area contributed by atoms with Gasteiger partial charge in [0.1, 0.15) is 11.6 Å². The van der Waals surface area contributed by atoms with Gasteiger partial charge in [-0.2, -0.15) is 0 Å². The highest BCUT2D eigenvalue weighted by molar-refractivity contribution is 5.79. The van der Waals surface area contributed by atoms with Crippen LogP contribution in [0.1, 0.15) is 19.8 Å². The molecule has 0 fully saturated rings. The summed E-state index contributed by atoms with van der Waals surface area (Å²) < 4.78 is 14.8. The van der Waals surface area contributed by atoms with Crippen LogP contribution >= 0.6 is 0 Å². The predicted molar refractivity (Wildman–Crippen MR) is 86.3 cm³/mol. The lowest BCUT2D eigenvalue weighted by molar-refractivity contribution is 0.614. The fourth-order valence-electron chi connectivity index (χ4n) is 2.51. The molecule has 1 heterocycles. The summed E-state index contributed by atoms with van der Waals surface area (Å²) >= 11 is 0. The van der Waals surface area contributed by atoms with Gasteiger partial charge in [0.2, 0.25) is 0 Å². The highest BCUT2D eigenvalue weighted by Gasteiger charge is 2.12. The van der Waals surface area contributed by atoms with Gasteiger partial charge in [-0.05, 0) is 42.8 Å². The van der Waals surface area contributed by atoms with Crippen molar-refractivity contribution < 1.29 is 4.39 Å². The first-order valence-corrected chi connectivity index (χ1v) is 7.46. The first-order valence-electron chi connectivity index (χ1n) is 7.46. The zero-order valence-corrected chi connectivity index (χ0v) is 12.4. The molecule has 4 heteroatoms. The van der Waals surface area contributed by atoms with Gasteiger partial charge in [-0.15, -0.1) is 0 Å². The normalized spacial score (nSPS) is 11.0. The molecular formula is C18H17FN2O. The smallest absolute Gasteiger partial charge is 0.261 e. The maximum atomic E-state index is 13.1.